The number of aliphatic hydroxyl groups excluding tert-OH is 1. The molecular weight excluding hydrogens is 534 g/mol. The standard InChI is InChI=1S/C27H35N7O5S/c1-16-22(28)26(15-39-16)5-8-32(9-6-26)23-18(12-35)31-20(10-30-23)40-19-2-7-29-24-21(19)38-13-17-11-33(25(36)34(17)24)14-27(37)3-4-27/h2,7,10,16-17,22,35,37H,3-6,8-9,11-15,28H2,1H3/t16-,17?,22+/m0/s1. The fourth-order valence-electron chi connectivity index (χ4n) is 6.46. The Labute approximate surface area is 236 Å². The van der Waals surface area contributed by atoms with E-state index in [0.717, 1.165) is 43.7 Å². The molecule has 4 N–H and O–H groups in total. The Morgan fingerprint density at radius 1 is 1.20 bits per heavy atom. The van der Waals surface area contributed by atoms with Crippen LogP contribution in [0.3, 0.4) is 0 Å². The smallest absolute Gasteiger partial charge is 0.326 e. The normalized spacial score (nSPS) is 28.1. The van der Waals surface area contributed by atoms with Crippen molar-refractivity contribution in [1.82, 2.24) is 19.9 Å². The maximum atomic E-state index is 13.2. The van der Waals surface area contributed by atoms with Crippen molar-refractivity contribution in [2.45, 2.75) is 72.9 Å². The molecule has 3 saturated heterocycles. The average Bonchev–Trinajstić information content (AvgIpc) is 3.53. The number of hydrogen-bond donors (Lipinski definition) is 3. The third kappa shape index (κ3) is 4.38. The Kier molecular flexibility index (Phi) is 6.35. The first-order chi connectivity index (χ1) is 19.3. The van der Waals surface area contributed by atoms with Gasteiger partial charge in [0.2, 0.25) is 0 Å². The molecule has 1 aliphatic carbocycles. The number of β-amino-alcohol motifs (C(OH)–C–C–N with tert-alkyl or cyclic N) is 1. The van der Waals surface area contributed by atoms with E-state index in [1.165, 1.54) is 11.8 Å². The zero-order chi connectivity index (χ0) is 27.6. The van der Waals surface area contributed by atoms with Crippen LogP contribution < -0.4 is 20.3 Å². The molecule has 5 aliphatic rings. The number of carbonyl (C=O) groups excluding carboxylic acids is 1. The largest absolute Gasteiger partial charge is 0.486 e. The summed E-state index contributed by atoms with van der Waals surface area (Å²) in [4.78, 5) is 33.5. The van der Waals surface area contributed by atoms with E-state index in [0.29, 0.717) is 54.4 Å². The quantitative estimate of drug-likeness (QED) is 0.463. The highest BCUT2D eigenvalue weighted by atomic mass is 32.2. The number of amides is 2. The fourth-order valence-corrected chi connectivity index (χ4v) is 7.32. The summed E-state index contributed by atoms with van der Waals surface area (Å²) in [6, 6.07) is 1.57. The number of rotatable bonds is 6. The van der Waals surface area contributed by atoms with Gasteiger partial charge in [0.1, 0.15) is 17.3 Å². The van der Waals surface area contributed by atoms with Gasteiger partial charge >= 0.3 is 6.03 Å². The molecular formula is C27H35N7O5S. The molecule has 214 valence electrons. The molecule has 2 amide bonds. The molecule has 0 radical (unpaired) electrons. The number of ether oxygens (including phenoxy) is 2. The van der Waals surface area contributed by atoms with Crippen LogP contribution in [0, 0.1) is 5.41 Å². The summed E-state index contributed by atoms with van der Waals surface area (Å²) in [6.45, 7) is 5.26. The molecule has 3 atom stereocenters. The first kappa shape index (κ1) is 26.2. The molecule has 0 bridgehead atoms. The van der Waals surface area contributed by atoms with Crippen LogP contribution in [0.5, 0.6) is 5.75 Å². The highest BCUT2D eigenvalue weighted by Gasteiger charge is 2.50. The second kappa shape index (κ2) is 9.69. The van der Waals surface area contributed by atoms with Gasteiger partial charge in [-0.2, -0.15) is 0 Å². The first-order valence-electron chi connectivity index (χ1n) is 14.0. The topological polar surface area (TPSA) is 150 Å². The molecule has 4 fully saturated rings. The van der Waals surface area contributed by atoms with Crippen LogP contribution in [0.4, 0.5) is 16.4 Å². The Morgan fingerprint density at radius 3 is 2.70 bits per heavy atom. The lowest BCUT2D eigenvalue weighted by molar-refractivity contribution is 0.0973. The minimum absolute atomic E-state index is 0.00310. The predicted molar refractivity (Wildman–Crippen MR) is 146 cm³/mol. The lowest BCUT2D eigenvalue weighted by Crippen LogP contribution is -2.51. The van der Waals surface area contributed by atoms with Crippen LogP contribution in [0.2, 0.25) is 0 Å². The molecule has 1 unspecified atom stereocenters. The van der Waals surface area contributed by atoms with E-state index >= 15 is 0 Å². The van der Waals surface area contributed by atoms with E-state index in [9.17, 15) is 15.0 Å². The summed E-state index contributed by atoms with van der Waals surface area (Å²) in [6.07, 6.45) is 6.72. The second-order valence-electron chi connectivity index (χ2n) is 11.8. The van der Waals surface area contributed by atoms with Crippen LogP contribution >= 0.6 is 11.8 Å². The highest BCUT2D eigenvalue weighted by molar-refractivity contribution is 7.99. The summed E-state index contributed by atoms with van der Waals surface area (Å²) in [7, 11) is 0. The number of carbonyl (C=O) groups is 1. The minimum Gasteiger partial charge on any atom is -0.486 e. The zero-order valence-corrected chi connectivity index (χ0v) is 23.3. The van der Waals surface area contributed by atoms with Gasteiger partial charge in [-0.1, -0.05) is 11.8 Å². The summed E-state index contributed by atoms with van der Waals surface area (Å²) >= 11 is 1.37. The molecule has 2 aromatic rings. The zero-order valence-electron chi connectivity index (χ0n) is 22.5. The van der Waals surface area contributed by atoms with Crippen molar-refractivity contribution in [2.75, 3.05) is 49.2 Å². The molecule has 40 heavy (non-hydrogen) atoms. The Hall–Kier alpha value is -2.71. The lowest BCUT2D eigenvalue weighted by atomic mass is 9.73. The fraction of sp³-hybridized carbons (Fsp3) is 0.630. The number of pyridine rings is 1. The second-order valence-corrected chi connectivity index (χ2v) is 12.9. The number of fused-ring (bicyclic) bond motifs is 3. The van der Waals surface area contributed by atoms with E-state index in [4.69, 9.17) is 25.2 Å². The van der Waals surface area contributed by atoms with Gasteiger partial charge in [0.05, 0.1) is 48.6 Å². The summed E-state index contributed by atoms with van der Waals surface area (Å²) in [5.41, 5.74) is 6.25. The number of urea groups is 1. The van der Waals surface area contributed by atoms with Gasteiger partial charge < -0.3 is 35.2 Å². The van der Waals surface area contributed by atoms with Crippen molar-refractivity contribution in [2.24, 2.45) is 11.1 Å². The third-order valence-corrected chi connectivity index (χ3v) is 10.1. The van der Waals surface area contributed by atoms with Crippen LogP contribution in [0.15, 0.2) is 28.4 Å². The molecule has 2 aromatic heterocycles. The van der Waals surface area contributed by atoms with E-state index in [2.05, 4.69) is 9.88 Å². The Bertz CT molecular complexity index is 1320. The monoisotopic (exact) mass is 569 g/mol. The van der Waals surface area contributed by atoms with E-state index < -0.39 is 5.60 Å². The molecule has 0 aromatic carbocycles. The number of hydrogen-bond acceptors (Lipinski definition) is 11. The van der Waals surface area contributed by atoms with Crippen LogP contribution in [-0.2, 0) is 11.3 Å². The molecule has 12 nitrogen and oxygen atoms in total. The average molecular weight is 570 g/mol. The Morgan fingerprint density at radius 2 is 2.00 bits per heavy atom. The molecule has 4 aliphatic heterocycles. The van der Waals surface area contributed by atoms with E-state index in [1.54, 1.807) is 22.2 Å². The summed E-state index contributed by atoms with van der Waals surface area (Å²) in [5.74, 6) is 1.71. The van der Waals surface area contributed by atoms with E-state index in [-0.39, 0.29) is 36.2 Å². The number of aliphatic hydroxyl groups is 2. The van der Waals surface area contributed by atoms with Crippen LogP contribution in [0.1, 0.15) is 38.3 Å². The SMILES string of the molecule is C[C@@H]1OCC2(CCN(c3ncc(Sc4ccnc5c4OCC4CN(CC6(O)CC6)C(=O)N54)nc3CO)CC2)[C@@H]1N. The van der Waals surface area contributed by atoms with Crippen LogP contribution in [0.25, 0.3) is 0 Å². The highest BCUT2D eigenvalue weighted by Crippen LogP contribution is 2.46. The maximum Gasteiger partial charge on any atom is 0.326 e. The van der Waals surface area contributed by atoms with Crippen molar-refractivity contribution < 1.29 is 24.5 Å². The van der Waals surface area contributed by atoms with E-state index in [1.807, 2.05) is 13.0 Å². The van der Waals surface area contributed by atoms with Gasteiger partial charge in [-0.15, -0.1) is 0 Å². The number of anilines is 2. The van der Waals surface area contributed by atoms with Crippen molar-refractivity contribution >= 4 is 29.4 Å². The van der Waals surface area contributed by atoms with Gasteiger partial charge in [-0.3, -0.25) is 4.90 Å². The van der Waals surface area contributed by atoms with Crippen molar-refractivity contribution in [3.05, 3.63) is 24.2 Å². The van der Waals surface area contributed by atoms with Gasteiger partial charge in [0.25, 0.3) is 0 Å². The van der Waals surface area contributed by atoms with Gasteiger partial charge in [-0.25, -0.2) is 19.7 Å². The van der Waals surface area contributed by atoms with Crippen molar-refractivity contribution in [3.63, 3.8) is 0 Å². The molecule has 1 saturated carbocycles. The number of piperidine rings is 1. The van der Waals surface area contributed by atoms with Gasteiger partial charge in [0, 0.05) is 37.3 Å². The number of nitrogens with zero attached hydrogens (tertiary/aromatic N) is 6. The summed E-state index contributed by atoms with van der Waals surface area (Å²) in [5, 5.41) is 21.1. The number of aromatic nitrogens is 3. The number of nitrogens with two attached hydrogens (primary N) is 1. The lowest BCUT2D eigenvalue weighted by Gasteiger charge is -2.41. The Balaban J connectivity index is 1.08. The minimum atomic E-state index is -0.750. The van der Waals surface area contributed by atoms with Gasteiger partial charge in [0.15, 0.2) is 17.4 Å². The third-order valence-electron chi connectivity index (χ3n) is 9.15. The maximum absolute atomic E-state index is 13.2. The molecule has 13 heteroatoms. The van der Waals surface area contributed by atoms with Gasteiger partial charge in [-0.05, 0) is 38.7 Å². The molecule has 7 rings (SSSR count). The molecule has 6 heterocycles. The first-order valence-corrected chi connectivity index (χ1v) is 14.8. The molecule has 1 spiro atoms. The van der Waals surface area contributed by atoms with Crippen LogP contribution in [-0.4, -0.2) is 99.3 Å². The van der Waals surface area contributed by atoms with Crippen molar-refractivity contribution in [1.29, 1.82) is 0 Å². The predicted octanol–water partition coefficient (Wildman–Crippen LogP) is 1.38. The van der Waals surface area contributed by atoms with Crippen molar-refractivity contribution in [3.8, 4) is 5.75 Å². The summed E-state index contributed by atoms with van der Waals surface area (Å²) < 4.78 is 12.0.